The predicted molar refractivity (Wildman–Crippen MR) is 46.4 cm³/mol. The molecule has 0 saturated heterocycles. The molecule has 0 saturated carbocycles. The van der Waals surface area contributed by atoms with Crippen LogP contribution in [0.15, 0.2) is 11.8 Å². The van der Waals surface area contributed by atoms with Crippen molar-refractivity contribution in [2.45, 2.75) is 26.2 Å². The van der Waals surface area contributed by atoms with Gasteiger partial charge >= 0.3 is 0 Å². The van der Waals surface area contributed by atoms with E-state index < -0.39 is 0 Å². The highest BCUT2D eigenvalue weighted by atomic mass is 16.5. The summed E-state index contributed by atoms with van der Waals surface area (Å²) in [5.74, 6) is 0.210. The summed E-state index contributed by atoms with van der Waals surface area (Å²) in [6, 6.07) is 0. The minimum absolute atomic E-state index is 0.210. The van der Waals surface area contributed by atoms with Crippen molar-refractivity contribution in [2.24, 2.45) is 0 Å². The highest BCUT2D eigenvalue weighted by Crippen LogP contribution is 1.95. The normalized spacial score (nSPS) is 12.0. The molecule has 0 aliphatic heterocycles. The maximum Gasteiger partial charge on any atom is 0.114 e. The van der Waals surface area contributed by atoms with Gasteiger partial charge < -0.3 is 9.84 Å². The van der Waals surface area contributed by atoms with Crippen LogP contribution in [0.5, 0.6) is 0 Å². The van der Waals surface area contributed by atoms with Crippen LogP contribution < -0.4 is 0 Å². The first-order chi connectivity index (χ1) is 5.31. The smallest absolute Gasteiger partial charge is 0.114 e. The predicted octanol–water partition coefficient (Wildman–Crippen LogP) is 2.47. The van der Waals surface area contributed by atoms with Crippen LogP contribution in [0.4, 0.5) is 0 Å². The van der Waals surface area contributed by atoms with E-state index >= 15 is 0 Å². The molecule has 0 bridgehead atoms. The average molecular weight is 157 g/mol. The molecule has 0 aliphatic carbocycles. The van der Waals surface area contributed by atoms with Crippen molar-refractivity contribution in [2.75, 3.05) is 13.2 Å². The maximum atomic E-state index is 8.89. The van der Waals surface area contributed by atoms with Crippen molar-refractivity contribution in [1.29, 1.82) is 0 Å². The molecule has 11 heavy (non-hydrogen) atoms. The Hall–Kier alpha value is -0.500. The lowest BCUT2D eigenvalue weighted by atomic mass is 10.3. The average Bonchev–Trinajstić information content (AvgIpc) is 2.04. The van der Waals surface area contributed by atoms with Crippen molar-refractivity contribution in [1.82, 2.24) is 0 Å². The molecule has 0 aromatic rings. The third-order valence-electron chi connectivity index (χ3n) is 1.38. The van der Waals surface area contributed by atoms with Crippen LogP contribution in [0, 0.1) is 6.92 Å². The number of allylic oxidation sites excluding steroid dienone is 1. The number of rotatable bonds is 6. The molecule has 1 N–H and O–H groups in total. The number of aliphatic hydroxyl groups excluding tert-OH is 1. The molecule has 0 fully saturated rings. The first kappa shape index (κ1) is 10.5. The number of hydrogen-bond acceptors (Lipinski definition) is 2. The number of hydrogen-bond donors (Lipinski definition) is 1. The quantitative estimate of drug-likeness (QED) is 0.474. The molecule has 1 radical (unpaired) electrons. The SMILES string of the molecule is [CH2]/C=C(\O)COCCCCC. The van der Waals surface area contributed by atoms with Crippen molar-refractivity contribution in [3.8, 4) is 0 Å². The minimum Gasteiger partial charge on any atom is -0.510 e. The van der Waals surface area contributed by atoms with Crippen molar-refractivity contribution in [3.63, 3.8) is 0 Å². The van der Waals surface area contributed by atoms with Gasteiger partial charge in [-0.15, -0.1) is 0 Å². The summed E-state index contributed by atoms with van der Waals surface area (Å²) in [5, 5.41) is 8.89. The monoisotopic (exact) mass is 157 g/mol. The van der Waals surface area contributed by atoms with Gasteiger partial charge in [0, 0.05) is 6.61 Å². The summed E-state index contributed by atoms with van der Waals surface area (Å²) in [4.78, 5) is 0. The van der Waals surface area contributed by atoms with Crippen molar-refractivity contribution < 1.29 is 9.84 Å². The van der Waals surface area contributed by atoms with E-state index in [2.05, 4.69) is 13.8 Å². The van der Waals surface area contributed by atoms with Gasteiger partial charge in [0.15, 0.2) is 0 Å². The molecule has 0 spiro atoms. The first-order valence-electron chi connectivity index (χ1n) is 4.06. The van der Waals surface area contributed by atoms with Gasteiger partial charge in [-0.2, -0.15) is 0 Å². The molecular formula is C9H17O2. The molecule has 0 rings (SSSR count). The van der Waals surface area contributed by atoms with E-state index in [4.69, 9.17) is 9.84 Å². The fourth-order valence-corrected chi connectivity index (χ4v) is 0.690. The number of ether oxygens (including phenoxy) is 1. The van der Waals surface area contributed by atoms with Gasteiger partial charge in [0.05, 0.1) is 0 Å². The summed E-state index contributed by atoms with van der Waals surface area (Å²) < 4.78 is 5.13. The van der Waals surface area contributed by atoms with Gasteiger partial charge in [-0.1, -0.05) is 19.8 Å². The number of unbranched alkanes of at least 4 members (excludes halogenated alkanes) is 2. The van der Waals surface area contributed by atoms with E-state index in [1.165, 1.54) is 18.9 Å². The van der Waals surface area contributed by atoms with Crippen molar-refractivity contribution >= 4 is 0 Å². The van der Waals surface area contributed by atoms with E-state index in [-0.39, 0.29) is 5.76 Å². The zero-order chi connectivity index (χ0) is 8.53. The zero-order valence-electron chi connectivity index (χ0n) is 7.18. The van der Waals surface area contributed by atoms with Gasteiger partial charge in [-0.05, 0) is 19.4 Å². The molecule has 65 valence electrons. The third-order valence-corrected chi connectivity index (χ3v) is 1.38. The molecule has 0 amide bonds. The fraction of sp³-hybridized carbons (Fsp3) is 0.667. The Morgan fingerprint density at radius 3 is 2.82 bits per heavy atom. The minimum atomic E-state index is 0.210. The summed E-state index contributed by atoms with van der Waals surface area (Å²) >= 11 is 0. The second-order valence-electron chi connectivity index (χ2n) is 2.46. The molecule has 0 heterocycles. The van der Waals surface area contributed by atoms with Crippen LogP contribution in [0.3, 0.4) is 0 Å². The topological polar surface area (TPSA) is 29.5 Å². The summed E-state index contributed by atoms with van der Waals surface area (Å²) in [6.07, 6.45) is 4.86. The van der Waals surface area contributed by atoms with Crippen LogP contribution in [-0.2, 0) is 4.74 Å². The fourth-order valence-electron chi connectivity index (χ4n) is 0.690. The third kappa shape index (κ3) is 7.40. The second-order valence-corrected chi connectivity index (χ2v) is 2.46. The van der Waals surface area contributed by atoms with Crippen LogP contribution in [0.25, 0.3) is 0 Å². The molecule has 0 aliphatic rings. The van der Waals surface area contributed by atoms with Gasteiger partial charge in [0.2, 0.25) is 0 Å². The zero-order valence-corrected chi connectivity index (χ0v) is 7.18. The van der Waals surface area contributed by atoms with Crippen LogP contribution in [0.2, 0.25) is 0 Å². The largest absolute Gasteiger partial charge is 0.510 e. The van der Waals surface area contributed by atoms with Gasteiger partial charge in [-0.3, -0.25) is 0 Å². The molecule has 0 aromatic heterocycles. The summed E-state index contributed by atoms with van der Waals surface area (Å²) in [7, 11) is 0. The lowest BCUT2D eigenvalue weighted by molar-refractivity contribution is 0.124. The Balaban J connectivity index is 3.02. The standard InChI is InChI=1S/C9H17O2/c1-3-5-6-7-11-8-9(10)4-2/h4,10H,2-3,5-8H2,1H3/b9-4-. The molecule has 0 unspecified atom stereocenters. The number of aliphatic hydroxyl groups is 1. The van der Waals surface area contributed by atoms with E-state index in [1.54, 1.807) is 0 Å². The molecule has 2 nitrogen and oxygen atoms in total. The highest BCUT2D eigenvalue weighted by Gasteiger charge is 1.90. The summed E-state index contributed by atoms with van der Waals surface area (Å²) in [6.45, 7) is 6.58. The van der Waals surface area contributed by atoms with Crippen LogP contribution in [0.1, 0.15) is 26.2 Å². The van der Waals surface area contributed by atoms with E-state index in [1.807, 2.05) is 0 Å². The summed E-state index contributed by atoms with van der Waals surface area (Å²) in [5.41, 5.74) is 0. The van der Waals surface area contributed by atoms with Gasteiger partial charge in [0.25, 0.3) is 0 Å². The highest BCUT2D eigenvalue weighted by molar-refractivity contribution is 4.92. The van der Waals surface area contributed by atoms with Crippen molar-refractivity contribution in [3.05, 3.63) is 18.8 Å². The van der Waals surface area contributed by atoms with E-state index in [9.17, 15) is 0 Å². The Morgan fingerprint density at radius 2 is 2.27 bits per heavy atom. The second kappa shape index (κ2) is 7.61. The van der Waals surface area contributed by atoms with E-state index in [0.717, 1.165) is 13.0 Å². The molecule has 2 heteroatoms. The lowest BCUT2D eigenvalue weighted by Gasteiger charge is -2.01. The van der Waals surface area contributed by atoms with Crippen LogP contribution >= 0.6 is 0 Å². The van der Waals surface area contributed by atoms with Gasteiger partial charge in [-0.25, -0.2) is 0 Å². The Kier molecular flexibility index (Phi) is 7.26. The molecule has 0 atom stereocenters. The van der Waals surface area contributed by atoms with Gasteiger partial charge in [0.1, 0.15) is 12.4 Å². The molecule has 0 aromatic carbocycles. The first-order valence-corrected chi connectivity index (χ1v) is 4.06. The Bertz CT molecular complexity index is 108. The maximum absolute atomic E-state index is 8.89. The Labute approximate surface area is 68.9 Å². The van der Waals surface area contributed by atoms with Crippen LogP contribution in [-0.4, -0.2) is 18.3 Å². The lowest BCUT2D eigenvalue weighted by Crippen LogP contribution is -1.99. The molecular weight excluding hydrogens is 140 g/mol. The Morgan fingerprint density at radius 1 is 1.55 bits per heavy atom. The van der Waals surface area contributed by atoms with E-state index in [0.29, 0.717) is 6.61 Å².